The average molecular weight is 336 g/mol. The van der Waals surface area contributed by atoms with Gasteiger partial charge in [0.25, 0.3) is 5.91 Å². The molecule has 0 bridgehead atoms. The molecule has 8 nitrogen and oxygen atoms in total. The zero-order chi connectivity index (χ0) is 18.3. The van der Waals surface area contributed by atoms with Crippen LogP contribution in [-0.2, 0) is 19.1 Å². The van der Waals surface area contributed by atoms with E-state index in [2.05, 4.69) is 10.6 Å². The molecule has 0 aromatic heterocycles. The quantitative estimate of drug-likeness (QED) is 0.548. The summed E-state index contributed by atoms with van der Waals surface area (Å²) in [7, 11) is 0. The number of carboxylic acids is 1. The van der Waals surface area contributed by atoms with E-state index in [1.165, 1.54) is 24.3 Å². The average Bonchev–Trinajstić information content (AvgIpc) is 2.45. The summed E-state index contributed by atoms with van der Waals surface area (Å²) in [5.41, 5.74) is -0.143. The van der Waals surface area contributed by atoms with Crippen molar-refractivity contribution in [2.45, 2.75) is 32.8 Å². The Kier molecular flexibility index (Phi) is 6.46. The van der Waals surface area contributed by atoms with Crippen LogP contribution in [0.1, 0.15) is 37.6 Å². The number of ether oxygens (including phenoxy) is 1. The number of hydrogen-bond donors (Lipinski definition) is 3. The van der Waals surface area contributed by atoms with E-state index in [4.69, 9.17) is 9.84 Å². The lowest BCUT2D eigenvalue weighted by Crippen LogP contribution is -2.32. The predicted molar refractivity (Wildman–Crippen MR) is 85.5 cm³/mol. The maximum absolute atomic E-state index is 11.8. The Balaban J connectivity index is 2.58. The molecular weight excluding hydrogens is 316 g/mol. The van der Waals surface area contributed by atoms with E-state index in [1.807, 2.05) is 0 Å². The third-order valence-corrected chi connectivity index (χ3v) is 2.61. The van der Waals surface area contributed by atoms with Gasteiger partial charge in [-0.05, 0) is 45.0 Å². The highest BCUT2D eigenvalue weighted by molar-refractivity contribution is 6.37. The number of carbonyl (C=O) groups is 4. The van der Waals surface area contributed by atoms with Gasteiger partial charge in [-0.3, -0.25) is 14.4 Å². The fourth-order valence-electron chi connectivity index (χ4n) is 1.60. The minimum absolute atomic E-state index is 0.0191. The smallest absolute Gasteiger partial charge is 0.397 e. The largest absolute Gasteiger partial charge is 0.481 e. The summed E-state index contributed by atoms with van der Waals surface area (Å²) < 4.78 is 4.93. The number of rotatable bonds is 5. The van der Waals surface area contributed by atoms with Crippen LogP contribution < -0.4 is 10.6 Å². The minimum atomic E-state index is -1.00. The van der Waals surface area contributed by atoms with E-state index in [-0.39, 0.29) is 13.0 Å². The van der Waals surface area contributed by atoms with Crippen molar-refractivity contribution in [3.8, 4) is 0 Å². The van der Waals surface area contributed by atoms with E-state index in [0.29, 0.717) is 11.3 Å². The van der Waals surface area contributed by atoms with E-state index < -0.39 is 29.4 Å². The Bertz CT molecular complexity index is 631. The Hall–Kier alpha value is -2.90. The number of aliphatic carboxylic acids is 1. The number of carbonyl (C=O) groups excluding carboxylic acids is 3. The van der Waals surface area contributed by atoms with Crippen molar-refractivity contribution in [1.82, 2.24) is 5.32 Å². The van der Waals surface area contributed by atoms with Crippen LogP contribution >= 0.6 is 0 Å². The summed E-state index contributed by atoms with van der Waals surface area (Å²) in [5.74, 6) is -3.35. The Labute approximate surface area is 139 Å². The molecule has 8 heteroatoms. The number of anilines is 1. The lowest BCUT2D eigenvalue weighted by atomic mass is 10.2. The fourth-order valence-corrected chi connectivity index (χ4v) is 1.60. The highest BCUT2D eigenvalue weighted by Gasteiger charge is 2.22. The van der Waals surface area contributed by atoms with Gasteiger partial charge in [-0.25, -0.2) is 4.79 Å². The molecule has 130 valence electrons. The van der Waals surface area contributed by atoms with Crippen LogP contribution in [0, 0.1) is 0 Å². The summed E-state index contributed by atoms with van der Waals surface area (Å²) >= 11 is 0. The topological polar surface area (TPSA) is 122 Å². The monoisotopic (exact) mass is 336 g/mol. The molecule has 1 aromatic carbocycles. The zero-order valence-electron chi connectivity index (χ0n) is 13.7. The van der Waals surface area contributed by atoms with Crippen LogP contribution in [0.5, 0.6) is 0 Å². The third kappa shape index (κ3) is 6.91. The van der Waals surface area contributed by atoms with E-state index in [0.717, 1.165) is 0 Å². The zero-order valence-corrected chi connectivity index (χ0v) is 13.7. The van der Waals surface area contributed by atoms with Gasteiger partial charge in [0, 0.05) is 17.8 Å². The van der Waals surface area contributed by atoms with Gasteiger partial charge in [-0.15, -0.1) is 0 Å². The Morgan fingerprint density at radius 3 is 2.17 bits per heavy atom. The van der Waals surface area contributed by atoms with Crippen LogP contribution in [0.2, 0.25) is 0 Å². The summed E-state index contributed by atoms with van der Waals surface area (Å²) in [6, 6.07) is 5.80. The SMILES string of the molecule is CC(C)(C)OC(=O)C(=O)Nc1ccc(C(=O)NCCC(=O)O)cc1. The molecule has 1 rings (SSSR count). The molecule has 0 unspecified atom stereocenters. The number of benzene rings is 1. The van der Waals surface area contributed by atoms with Gasteiger partial charge in [-0.1, -0.05) is 0 Å². The van der Waals surface area contributed by atoms with Gasteiger partial charge < -0.3 is 20.5 Å². The van der Waals surface area contributed by atoms with Crippen LogP contribution in [0.25, 0.3) is 0 Å². The van der Waals surface area contributed by atoms with Crippen LogP contribution in [0.15, 0.2) is 24.3 Å². The lowest BCUT2D eigenvalue weighted by Gasteiger charge is -2.18. The molecule has 1 aromatic rings. The normalized spacial score (nSPS) is 10.6. The molecule has 0 atom stereocenters. The van der Waals surface area contributed by atoms with Crippen LogP contribution in [0.3, 0.4) is 0 Å². The first-order valence-corrected chi connectivity index (χ1v) is 7.23. The number of esters is 1. The van der Waals surface area contributed by atoms with Gasteiger partial charge in [0.2, 0.25) is 0 Å². The third-order valence-electron chi connectivity index (χ3n) is 2.61. The first kappa shape index (κ1) is 19.1. The van der Waals surface area contributed by atoms with Crippen molar-refractivity contribution >= 4 is 29.4 Å². The molecule has 0 radical (unpaired) electrons. The molecule has 0 spiro atoms. The molecule has 0 aliphatic heterocycles. The molecule has 3 N–H and O–H groups in total. The Morgan fingerprint density at radius 2 is 1.67 bits per heavy atom. The second-order valence-electron chi connectivity index (χ2n) is 5.93. The molecule has 0 heterocycles. The Morgan fingerprint density at radius 1 is 1.08 bits per heavy atom. The molecule has 24 heavy (non-hydrogen) atoms. The first-order chi connectivity index (χ1) is 11.1. The second-order valence-corrected chi connectivity index (χ2v) is 5.93. The second kappa shape index (κ2) is 8.09. The first-order valence-electron chi connectivity index (χ1n) is 7.23. The van der Waals surface area contributed by atoms with E-state index in [1.54, 1.807) is 20.8 Å². The maximum atomic E-state index is 11.8. The number of carboxylic acid groups (broad SMARTS) is 1. The minimum Gasteiger partial charge on any atom is -0.481 e. The summed E-state index contributed by atoms with van der Waals surface area (Å²) in [4.78, 5) is 45.4. The highest BCUT2D eigenvalue weighted by Crippen LogP contribution is 2.11. The summed E-state index contributed by atoms with van der Waals surface area (Å²) in [6.07, 6.45) is -0.171. The molecule has 0 saturated heterocycles. The van der Waals surface area contributed by atoms with Crippen molar-refractivity contribution in [2.24, 2.45) is 0 Å². The lowest BCUT2D eigenvalue weighted by molar-refractivity contribution is -0.161. The molecule has 0 fully saturated rings. The maximum Gasteiger partial charge on any atom is 0.397 e. The van der Waals surface area contributed by atoms with Gasteiger partial charge >= 0.3 is 17.8 Å². The van der Waals surface area contributed by atoms with Crippen molar-refractivity contribution in [1.29, 1.82) is 0 Å². The number of nitrogens with one attached hydrogen (secondary N) is 2. The highest BCUT2D eigenvalue weighted by atomic mass is 16.6. The van der Waals surface area contributed by atoms with Crippen molar-refractivity contribution in [2.75, 3.05) is 11.9 Å². The van der Waals surface area contributed by atoms with Crippen LogP contribution in [-0.4, -0.2) is 41.0 Å². The molecule has 0 saturated carbocycles. The standard InChI is InChI=1S/C16H20N2O6/c1-16(2,3)24-15(23)14(22)18-11-6-4-10(5-7-11)13(21)17-9-8-12(19)20/h4-7H,8-9H2,1-3H3,(H,17,21)(H,18,22)(H,19,20). The van der Waals surface area contributed by atoms with Gasteiger partial charge in [-0.2, -0.15) is 0 Å². The summed E-state index contributed by atoms with van der Waals surface area (Å²) in [6.45, 7) is 4.97. The number of hydrogen-bond acceptors (Lipinski definition) is 5. The van der Waals surface area contributed by atoms with E-state index >= 15 is 0 Å². The molecule has 2 amide bonds. The molecule has 0 aliphatic rings. The van der Waals surface area contributed by atoms with Crippen molar-refractivity contribution in [3.05, 3.63) is 29.8 Å². The summed E-state index contributed by atoms with van der Waals surface area (Å²) in [5, 5.41) is 13.3. The van der Waals surface area contributed by atoms with Gasteiger partial charge in [0.15, 0.2) is 0 Å². The number of amides is 2. The van der Waals surface area contributed by atoms with Gasteiger partial charge in [0.05, 0.1) is 6.42 Å². The van der Waals surface area contributed by atoms with Crippen molar-refractivity contribution < 1.29 is 29.0 Å². The molecular formula is C16H20N2O6. The van der Waals surface area contributed by atoms with Crippen LogP contribution in [0.4, 0.5) is 5.69 Å². The fraction of sp³-hybridized carbons (Fsp3) is 0.375. The van der Waals surface area contributed by atoms with Crippen molar-refractivity contribution in [3.63, 3.8) is 0 Å². The molecule has 0 aliphatic carbocycles. The van der Waals surface area contributed by atoms with E-state index in [9.17, 15) is 19.2 Å². The van der Waals surface area contributed by atoms with Gasteiger partial charge in [0.1, 0.15) is 5.60 Å². The predicted octanol–water partition coefficient (Wildman–Crippen LogP) is 1.17.